The van der Waals surface area contributed by atoms with Crippen molar-refractivity contribution >= 4 is 35.2 Å². The predicted octanol–water partition coefficient (Wildman–Crippen LogP) is 3.92. The van der Waals surface area contributed by atoms with Gasteiger partial charge in [0.25, 0.3) is 5.91 Å². The number of rotatable bonds is 9. The zero-order valence-corrected chi connectivity index (χ0v) is 24.1. The number of aromatic nitrogens is 4. The molecule has 3 N–H and O–H groups in total. The molecule has 0 aliphatic carbocycles. The number of benzene rings is 2. The summed E-state index contributed by atoms with van der Waals surface area (Å²) in [5.41, 5.74) is 2.55. The second-order valence-electron chi connectivity index (χ2n) is 9.91. The van der Waals surface area contributed by atoms with Crippen LogP contribution in [0.15, 0.2) is 48.8 Å². The minimum absolute atomic E-state index is 0.213. The molecule has 2 aromatic carbocycles. The Morgan fingerprint density at radius 2 is 2.00 bits per heavy atom. The number of fused-ring (bicyclic) bond motifs is 1. The molecule has 0 bridgehead atoms. The molecule has 0 saturated heterocycles. The number of ether oxygens (including phenoxy) is 1. The van der Waals surface area contributed by atoms with Crippen LogP contribution in [0.2, 0.25) is 5.02 Å². The van der Waals surface area contributed by atoms with Crippen LogP contribution >= 0.6 is 11.6 Å². The van der Waals surface area contributed by atoms with Crippen LogP contribution in [0.25, 0.3) is 11.3 Å². The molecule has 0 radical (unpaired) electrons. The van der Waals surface area contributed by atoms with Gasteiger partial charge in [0.05, 0.1) is 42.9 Å². The average molecular weight is 594 g/mol. The van der Waals surface area contributed by atoms with Crippen molar-refractivity contribution in [2.24, 2.45) is 7.05 Å². The van der Waals surface area contributed by atoms with E-state index >= 15 is 0 Å². The first-order valence-electron chi connectivity index (χ1n) is 13.1. The molecule has 218 valence electrons. The number of nitrogens with zero attached hydrogens (tertiary/aromatic N) is 5. The summed E-state index contributed by atoms with van der Waals surface area (Å²) in [7, 11) is 3.26. The van der Waals surface area contributed by atoms with E-state index in [4.69, 9.17) is 16.3 Å². The predicted molar refractivity (Wildman–Crippen MR) is 154 cm³/mol. The van der Waals surface area contributed by atoms with Gasteiger partial charge in [0, 0.05) is 30.8 Å². The van der Waals surface area contributed by atoms with Crippen LogP contribution in [0.5, 0.6) is 5.75 Å². The third-order valence-corrected chi connectivity index (χ3v) is 7.57. The van der Waals surface area contributed by atoms with Crippen molar-refractivity contribution in [3.05, 3.63) is 82.1 Å². The number of nitrogens with one attached hydrogen (secondary N) is 2. The smallest absolute Gasteiger partial charge is 0.255 e. The van der Waals surface area contributed by atoms with Crippen molar-refractivity contribution in [2.45, 2.75) is 32.5 Å². The van der Waals surface area contributed by atoms with E-state index in [1.165, 1.54) is 36.4 Å². The van der Waals surface area contributed by atoms with Crippen molar-refractivity contribution in [1.82, 2.24) is 29.7 Å². The van der Waals surface area contributed by atoms with Gasteiger partial charge in [-0.2, -0.15) is 0 Å². The summed E-state index contributed by atoms with van der Waals surface area (Å²) in [6.45, 7) is 3.21. The van der Waals surface area contributed by atoms with Crippen molar-refractivity contribution in [3.63, 3.8) is 0 Å². The molecule has 2 aromatic heterocycles. The van der Waals surface area contributed by atoms with Crippen LogP contribution < -0.4 is 15.4 Å². The lowest BCUT2D eigenvalue weighted by atomic mass is 10.0. The summed E-state index contributed by atoms with van der Waals surface area (Å²) in [5, 5.41) is 16.1. The molecule has 2 amide bonds. The zero-order valence-electron chi connectivity index (χ0n) is 23.4. The van der Waals surface area contributed by atoms with Gasteiger partial charge >= 0.3 is 0 Å². The number of aliphatic hydroxyl groups excluding tert-OH is 1. The van der Waals surface area contributed by atoms with Crippen LogP contribution in [0, 0.1) is 12.7 Å². The maximum absolute atomic E-state index is 14.0. The number of amides is 2. The highest BCUT2D eigenvalue weighted by atomic mass is 35.5. The van der Waals surface area contributed by atoms with Crippen LogP contribution in [0.1, 0.15) is 40.3 Å². The molecule has 11 nitrogen and oxygen atoms in total. The van der Waals surface area contributed by atoms with Gasteiger partial charge in [-0.1, -0.05) is 23.7 Å². The summed E-state index contributed by atoms with van der Waals surface area (Å²) in [5.74, 6) is 0.681. The highest BCUT2D eigenvalue weighted by Crippen LogP contribution is 2.33. The second-order valence-corrected chi connectivity index (χ2v) is 10.3. The minimum atomic E-state index is -0.894. The van der Waals surface area contributed by atoms with E-state index < -0.39 is 30.4 Å². The molecule has 0 fully saturated rings. The van der Waals surface area contributed by atoms with Crippen molar-refractivity contribution in [3.8, 4) is 17.0 Å². The van der Waals surface area contributed by atoms with Gasteiger partial charge in [-0.05, 0) is 43.2 Å². The number of hydrogen-bond acceptors (Lipinski definition) is 8. The van der Waals surface area contributed by atoms with Crippen molar-refractivity contribution in [1.29, 1.82) is 0 Å². The summed E-state index contributed by atoms with van der Waals surface area (Å²) in [4.78, 5) is 41.1. The number of carbonyl (C=O) groups is 2. The number of imidazole rings is 1. The van der Waals surface area contributed by atoms with Gasteiger partial charge in [-0.3, -0.25) is 9.59 Å². The van der Waals surface area contributed by atoms with Crippen LogP contribution in [-0.4, -0.2) is 61.1 Å². The molecule has 2 unspecified atom stereocenters. The summed E-state index contributed by atoms with van der Waals surface area (Å²) in [6, 6.07) is 7.49. The Morgan fingerprint density at radius 3 is 2.69 bits per heavy atom. The number of methoxy groups -OCH3 is 1. The Morgan fingerprint density at radius 1 is 1.21 bits per heavy atom. The molecule has 2 atom stereocenters. The number of carbonyl (C=O) groups excluding carboxylic acids is 2. The monoisotopic (exact) mass is 593 g/mol. The average Bonchev–Trinajstić information content (AvgIpc) is 3.48. The van der Waals surface area contributed by atoms with E-state index in [0.717, 1.165) is 11.4 Å². The second kappa shape index (κ2) is 11.7. The van der Waals surface area contributed by atoms with Crippen molar-refractivity contribution in [2.75, 3.05) is 19.0 Å². The van der Waals surface area contributed by atoms with Gasteiger partial charge in [0.1, 0.15) is 29.3 Å². The van der Waals surface area contributed by atoms with E-state index in [9.17, 15) is 19.1 Å². The first-order valence-corrected chi connectivity index (χ1v) is 13.4. The molecule has 0 spiro atoms. The van der Waals surface area contributed by atoms with Crippen LogP contribution in [0.4, 0.5) is 16.2 Å². The molecule has 3 heterocycles. The Labute approximate surface area is 246 Å². The Bertz CT molecular complexity index is 1680. The van der Waals surface area contributed by atoms with Gasteiger partial charge in [0.15, 0.2) is 0 Å². The fourth-order valence-corrected chi connectivity index (χ4v) is 4.92. The Kier molecular flexibility index (Phi) is 8.10. The number of hydrogen-bond donors (Lipinski definition) is 3. The van der Waals surface area contributed by atoms with Crippen molar-refractivity contribution < 1.29 is 23.8 Å². The molecule has 1 aliphatic heterocycles. The van der Waals surface area contributed by atoms with E-state index in [1.807, 2.05) is 24.6 Å². The molecule has 42 heavy (non-hydrogen) atoms. The number of anilines is 2. The first kappa shape index (κ1) is 29.0. The number of halogens is 2. The van der Waals surface area contributed by atoms with Gasteiger partial charge in [-0.15, -0.1) is 0 Å². The van der Waals surface area contributed by atoms with Crippen LogP contribution in [0.3, 0.4) is 0 Å². The highest BCUT2D eigenvalue weighted by molar-refractivity contribution is 6.33. The lowest BCUT2D eigenvalue weighted by Crippen LogP contribution is -2.46. The van der Waals surface area contributed by atoms with Crippen LogP contribution in [-0.2, 0) is 18.4 Å². The van der Waals surface area contributed by atoms with Gasteiger partial charge in [0.2, 0.25) is 11.9 Å². The maximum atomic E-state index is 14.0. The minimum Gasteiger partial charge on any atom is -0.497 e. The Hall–Kier alpha value is -4.55. The summed E-state index contributed by atoms with van der Waals surface area (Å²) in [6.07, 6.45) is 3.15. The summed E-state index contributed by atoms with van der Waals surface area (Å²) < 4.78 is 21.0. The third kappa shape index (κ3) is 5.63. The molecule has 1 aliphatic rings. The molecule has 5 rings (SSSR count). The molecular formula is C29H29ClFN7O4. The third-order valence-electron chi connectivity index (χ3n) is 7.30. The molecular weight excluding hydrogens is 565 g/mol. The zero-order chi connectivity index (χ0) is 30.1. The maximum Gasteiger partial charge on any atom is 0.255 e. The fraction of sp³-hybridized carbons (Fsp3) is 0.276. The molecule has 0 saturated carbocycles. The van der Waals surface area contributed by atoms with E-state index in [0.29, 0.717) is 39.2 Å². The standard InChI is InChI=1S/C29H29ClFN7O4/c1-15(27(40)34-24(14-39)19-7-20(31)10-21(8-19)42-4)38-13-18-6-5-17(9-22(18)28(38)41)26-23(30)11-33-29(36-26)35-25-12-32-16(2)37(25)3/h5-12,15,24,39H,13-14H2,1-4H3,(H,34,40)(H,33,35,36). The number of aryl methyl sites for hydroxylation is 1. The van der Waals surface area contributed by atoms with Gasteiger partial charge in [-0.25, -0.2) is 19.3 Å². The quantitative estimate of drug-likeness (QED) is 0.266. The Balaban J connectivity index is 1.33. The largest absolute Gasteiger partial charge is 0.497 e. The normalized spacial score (nSPS) is 14.0. The fourth-order valence-electron chi connectivity index (χ4n) is 4.72. The topological polar surface area (TPSA) is 134 Å². The lowest BCUT2D eigenvalue weighted by molar-refractivity contribution is -0.126. The summed E-state index contributed by atoms with van der Waals surface area (Å²) >= 11 is 6.45. The van der Waals surface area contributed by atoms with E-state index in [-0.39, 0.29) is 18.2 Å². The number of aliphatic hydroxyl groups is 1. The lowest BCUT2D eigenvalue weighted by Gasteiger charge is -2.26. The first-order chi connectivity index (χ1) is 20.1. The van der Waals surface area contributed by atoms with E-state index in [2.05, 4.69) is 25.6 Å². The van der Waals surface area contributed by atoms with Gasteiger partial charge < -0.3 is 29.9 Å². The molecule has 13 heteroatoms. The SMILES string of the molecule is COc1cc(F)cc(C(CO)NC(=O)C(C)N2Cc3ccc(-c4nc(Nc5cnc(C)n5C)ncc4Cl)cc3C2=O)c1. The molecule has 4 aromatic rings. The highest BCUT2D eigenvalue weighted by Gasteiger charge is 2.35. The van der Waals surface area contributed by atoms with E-state index in [1.54, 1.807) is 25.3 Å².